The molecule has 0 bridgehead atoms. The van der Waals surface area contributed by atoms with E-state index < -0.39 is 0 Å². The van der Waals surface area contributed by atoms with E-state index in [4.69, 9.17) is 14.2 Å². The summed E-state index contributed by atoms with van der Waals surface area (Å²) in [5, 5.41) is 0. The molecule has 3 aromatic carbocycles. The predicted octanol–water partition coefficient (Wildman–Crippen LogP) is 5.41. The molecule has 34 heavy (non-hydrogen) atoms. The Morgan fingerprint density at radius 1 is 0.647 bits per heavy atom. The molecule has 0 N–H and O–H groups in total. The summed E-state index contributed by atoms with van der Waals surface area (Å²) in [7, 11) is 1.77. The highest BCUT2D eigenvalue weighted by Crippen LogP contribution is 2.08. The van der Waals surface area contributed by atoms with Gasteiger partial charge in [-0.3, -0.25) is 9.98 Å². The zero-order chi connectivity index (χ0) is 23.8. The van der Waals surface area contributed by atoms with E-state index in [1.807, 2.05) is 30.6 Å². The molecule has 5 nitrogen and oxygen atoms in total. The third-order valence-electron chi connectivity index (χ3n) is 5.13. The lowest BCUT2D eigenvalue weighted by Crippen LogP contribution is -2.09. The fraction of sp³-hybridized carbons (Fsp3) is 0.310. The second kappa shape index (κ2) is 14.9. The smallest absolute Gasteiger partial charge is 0.0718 e. The number of nitrogens with zero attached hydrogens (tertiary/aromatic N) is 2. The van der Waals surface area contributed by atoms with Crippen LogP contribution in [0.4, 0.5) is 0 Å². The molecule has 0 spiro atoms. The molecule has 0 saturated heterocycles. The van der Waals surface area contributed by atoms with Crippen LogP contribution in [0, 0.1) is 6.92 Å². The van der Waals surface area contributed by atoms with Gasteiger partial charge in [0.1, 0.15) is 0 Å². The number of ether oxygens (including phenoxy) is 3. The standard InChI is InChI=1S/C29H34N2O3/c1-24-6-8-26(9-7-24)22-33-16-14-32-15-17-34-23-27-12-10-25(11-13-27)20-31-21-29-5-3-4-28(18-29)19-30-2/h3-13,18-19,21H,14-17,20,22-23H2,1-2H3. The van der Waals surface area contributed by atoms with Crippen LogP contribution in [0.2, 0.25) is 0 Å². The van der Waals surface area contributed by atoms with Gasteiger partial charge in [-0.15, -0.1) is 0 Å². The van der Waals surface area contributed by atoms with Crippen molar-refractivity contribution in [3.8, 4) is 0 Å². The summed E-state index contributed by atoms with van der Waals surface area (Å²) in [5.41, 5.74) is 6.89. The summed E-state index contributed by atoms with van der Waals surface area (Å²) < 4.78 is 16.9. The average Bonchev–Trinajstić information content (AvgIpc) is 2.85. The Kier molecular flexibility index (Phi) is 11.2. The molecule has 0 atom stereocenters. The molecular formula is C29H34N2O3. The molecule has 0 amide bonds. The van der Waals surface area contributed by atoms with Gasteiger partial charge in [0.05, 0.1) is 46.2 Å². The third kappa shape index (κ3) is 9.79. The minimum absolute atomic E-state index is 0.561. The van der Waals surface area contributed by atoms with E-state index in [0.717, 1.165) is 16.7 Å². The molecule has 0 heterocycles. The Morgan fingerprint density at radius 3 is 1.79 bits per heavy atom. The summed E-state index contributed by atoms with van der Waals surface area (Å²) in [6.45, 7) is 6.19. The molecule has 0 aliphatic heterocycles. The number of aliphatic imine (C=N–C) groups is 2. The molecule has 3 aromatic rings. The van der Waals surface area contributed by atoms with Gasteiger partial charge in [0.2, 0.25) is 0 Å². The van der Waals surface area contributed by atoms with E-state index in [2.05, 4.69) is 71.5 Å². The van der Waals surface area contributed by atoms with Gasteiger partial charge >= 0.3 is 0 Å². The highest BCUT2D eigenvalue weighted by Gasteiger charge is 1.97. The normalized spacial score (nSPS) is 11.6. The first-order valence-corrected chi connectivity index (χ1v) is 11.6. The minimum Gasteiger partial charge on any atom is -0.377 e. The lowest BCUT2D eigenvalue weighted by molar-refractivity contribution is 0.00704. The van der Waals surface area contributed by atoms with Crippen molar-refractivity contribution in [3.63, 3.8) is 0 Å². The fourth-order valence-electron chi connectivity index (χ4n) is 3.27. The fourth-order valence-corrected chi connectivity index (χ4v) is 3.27. The molecule has 3 rings (SSSR count). The first-order chi connectivity index (χ1) is 16.7. The van der Waals surface area contributed by atoms with Crippen molar-refractivity contribution in [2.45, 2.75) is 26.7 Å². The lowest BCUT2D eigenvalue weighted by atomic mass is 10.1. The predicted molar refractivity (Wildman–Crippen MR) is 139 cm³/mol. The van der Waals surface area contributed by atoms with E-state index in [1.165, 1.54) is 16.7 Å². The van der Waals surface area contributed by atoms with Gasteiger partial charge in [-0.2, -0.15) is 0 Å². The maximum Gasteiger partial charge on any atom is 0.0718 e. The second-order valence-electron chi connectivity index (χ2n) is 8.05. The maximum atomic E-state index is 5.71. The van der Waals surface area contributed by atoms with Gasteiger partial charge in [-0.05, 0) is 40.8 Å². The van der Waals surface area contributed by atoms with Crippen LogP contribution in [0.1, 0.15) is 33.4 Å². The molecule has 0 aliphatic carbocycles. The number of benzene rings is 3. The van der Waals surface area contributed by atoms with Gasteiger partial charge < -0.3 is 14.2 Å². The lowest BCUT2D eigenvalue weighted by Gasteiger charge is -2.08. The van der Waals surface area contributed by atoms with Crippen LogP contribution in [0.3, 0.4) is 0 Å². The summed E-state index contributed by atoms with van der Waals surface area (Å²) in [6, 6.07) is 24.9. The zero-order valence-corrected chi connectivity index (χ0v) is 20.2. The first-order valence-electron chi connectivity index (χ1n) is 11.6. The number of hydrogen-bond donors (Lipinski definition) is 0. The molecule has 178 valence electrons. The van der Waals surface area contributed by atoms with Crippen molar-refractivity contribution in [1.29, 1.82) is 0 Å². The number of hydrogen-bond acceptors (Lipinski definition) is 5. The third-order valence-corrected chi connectivity index (χ3v) is 5.13. The highest BCUT2D eigenvalue weighted by molar-refractivity contribution is 5.86. The molecule has 0 fully saturated rings. The highest BCUT2D eigenvalue weighted by atomic mass is 16.5. The zero-order valence-electron chi connectivity index (χ0n) is 20.2. The molecule has 0 aliphatic rings. The van der Waals surface area contributed by atoms with Crippen LogP contribution in [0.25, 0.3) is 0 Å². The molecule has 0 unspecified atom stereocenters. The van der Waals surface area contributed by atoms with Crippen LogP contribution < -0.4 is 0 Å². The Morgan fingerprint density at radius 2 is 1.18 bits per heavy atom. The van der Waals surface area contributed by atoms with Gasteiger partial charge in [0.25, 0.3) is 0 Å². The van der Waals surface area contributed by atoms with Crippen LogP contribution in [0.15, 0.2) is 82.8 Å². The number of rotatable bonds is 14. The van der Waals surface area contributed by atoms with Gasteiger partial charge in [-0.1, -0.05) is 72.3 Å². The van der Waals surface area contributed by atoms with Crippen molar-refractivity contribution in [1.82, 2.24) is 0 Å². The summed E-state index contributed by atoms with van der Waals surface area (Å²) in [5.74, 6) is 0. The van der Waals surface area contributed by atoms with Crippen molar-refractivity contribution in [2.24, 2.45) is 9.98 Å². The molecule has 0 saturated carbocycles. The molecule has 5 heteroatoms. The Bertz CT molecular complexity index is 1030. The van der Waals surface area contributed by atoms with Crippen molar-refractivity contribution >= 4 is 12.4 Å². The quantitative estimate of drug-likeness (QED) is 0.240. The molecule has 0 radical (unpaired) electrons. The molecule has 0 aromatic heterocycles. The Hall–Kier alpha value is -3.12. The van der Waals surface area contributed by atoms with Crippen LogP contribution in [-0.4, -0.2) is 45.9 Å². The SMILES string of the molecule is CN=Cc1cccc(C=NCc2ccc(COCCOCCOCc3ccc(C)cc3)cc2)c1. The van der Waals surface area contributed by atoms with E-state index in [0.29, 0.717) is 46.2 Å². The Balaban J connectivity index is 1.24. The summed E-state index contributed by atoms with van der Waals surface area (Å²) in [4.78, 5) is 8.60. The van der Waals surface area contributed by atoms with Crippen molar-refractivity contribution in [3.05, 3.63) is 106 Å². The largest absolute Gasteiger partial charge is 0.377 e. The summed E-state index contributed by atoms with van der Waals surface area (Å²) in [6.07, 6.45) is 3.74. The van der Waals surface area contributed by atoms with E-state index in [-0.39, 0.29) is 0 Å². The van der Waals surface area contributed by atoms with Crippen molar-refractivity contribution < 1.29 is 14.2 Å². The van der Waals surface area contributed by atoms with E-state index in [9.17, 15) is 0 Å². The van der Waals surface area contributed by atoms with E-state index >= 15 is 0 Å². The van der Waals surface area contributed by atoms with Crippen LogP contribution >= 0.6 is 0 Å². The van der Waals surface area contributed by atoms with Gasteiger partial charge in [0.15, 0.2) is 0 Å². The van der Waals surface area contributed by atoms with E-state index in [1.54, 1.807) is 7.05 Å². The van der Waals surface area contributed by atoms with Gasteiger partial charge in [-0.25, -0.2) is 0 Å². The second-order valence-corrected chi connectivity index (χ2v) is 8.05. The Labute approximate surface area is 203 Å². The van der Waals surface area contributed by atoms with Crippen molar-refractivity contribution in [2.75, 3.05) is 33.5 Å². The van der Waals surface area contributed by atoms with Gasteiger partial charge in [0, 0.05) is 19.5 Å². The first kappa shape index (κ1) is 25.5. The average molecular weight is 459 g/mol. The molecular weight excluding hydrogens is 424 g/mol. The number of aryl methyl sites for hydroxylation is 1. The van der Waals surface area contributed by atoms with Crippen LogP contribution in [-0.2, 0) is 34.0 Å². The minimum atomic E-state index is 0.561. The monoisotopic (exact) mass is 458 g/mol. The summed E-state index contributed by atoms with van der Waals surface area (Å²) >= 11 is 0. The topological polar surface area (TPSA) is 52.4 Å². The van der Waals surface area contributed by atoms with Crippen LogP contribution in [0.5, 0.6) is 0 Å². The maximum absolute atomic E-state index is 5.71.